The Morgan fingerprint density at radius 1 is 1.17 bits per heavy atom. The zero-order valence-corrected chi connectivity index (χ0v) is 14.5. The van der Waals surface area contributed by atoms with Crippen LogP contribution in [0, 0.1) is 20.8 Å². The van der Waals surface area contributed by atoms with Crippen LogP contribution in [0.3, 0.4) is 0 Å². The minimum Gasteiger partial charge on any atom is -0.507 e. The van der Waals surface area contributed by atoms with Gasteiger partial charge in [-0.2, -0.15) is 0 Å². The summed E-state index contributed by atoms with van der Waals surface area (Å²) < 4.78 is 6.26. The average molecular weight is 318 g/mol. The molecule has 1 atom stereocenters. The molecular formula is C18H26N2O3. The summed E-state index contributed by atoms with van der Waals surface area (Å²) in [4.78, 5) is 14.9. The number of amides is 1. The molecule has 0 radical (unpaired) electrons. The second kappa shape index (κ2) is 5.71. The summed E-state index contributed by atoms with van der Waals surface area (Å²) in [6, 6.07) is 0. The molecule has 23 heavy (non-hydrogen) atoms. The molecule has 126 valence electrons. The van der Waals surface area contributed by atoms with E-state index in [0.717, 1.165) is 60.6 Å². The number of carbonyl (C=O) groups excluding carboxylic acids is 1. The maximum atomic E-state index is 13.0. The molecule has 0 bridgehead atoms. The van der Waals surface area contributed by atoms with Crippen LogP contribution in [-0.4, -0.2) is 47.7 Å². The lowest BCUT2D eigenvalue weighted by molar-refractivity contribution is -0.148. The molecule has 1 aromatic carbocycles. The lowest BCUT2D eigenvalue weighted by Gasteiger charge is -2.40. The van der Waals surface area contributed by atoms with Crippen LogP contribution in [0.4, 0.5) is 0 Å². The van der Waals surface area contributed by atoms with Crippen molar-refractivity contribution in [2.75, 3.05) is 26.2 Å². The van der Waals surface area contributed by atoms with E-state index >= 15 is 0 Å². The van der Waals surface area contributed by atoms with Crippen LogP contribution in [0.5, 0.6) is 11.5 Å². The molecule has 1 saturated heterocycles. The fourth-order valence-corrected chi connectivity index (χ4v) is 3.60. The fourth-order valence-electron chi connectivity index (χ4n) is 3.60. The third kappa shape index (κ3) is 2.57. The molecule has 1 unspecified atom stereocenters. The average Bonchev–Trinajstić information content (AvgIpc) is 2.58. The molecule has 1 amide bonds. The second-order valence-electron chi connectivity index (χ2n) is 6.91. The van der Waals surface area contributed by atoms with Crippen molar-refractivity contribution in [1.29, 1.82) is 0 Å². The minimum atomic E-state index is -0.815. The number of phenolic OH excluding ortho intramolecular Hbond substituents is 1. The Labute approximate surface area is 137 Å². The molecule has 0 saturated carbocycles. The molecule has 2 aliphatic rings. The van der Waals surface area contributed by atoms with Gasteiger partial charge in [0, 0.05) is 38.2 Å². The molecule has 2 aliphatic heterocycles. The minimum absolute atomic E-state index is 0.0763. The van der Waals surface area contributed by atoms with Crippen molar-refractivity contribution in [3.63, 3.8) is 0 Å². The van der Waals surface area contributed by atoms with E-state index in [4.69, 9.17) is 4.74 Å². The number of aromatic hydroxyl groups is 1. The van der Waals surface area contributed by atoms with E-state index in [2.05, 4.69) is 5.32 Å². The molecule has 0 aromatic heterocycles. The molecule has 1 fully saturated rings. The summed E-state index contributed by atoms with van der Waals surface area (Å²) in [5, 5.41) is 13.5. The van der Waals surface area contributed by atoms with E-state index in [1.54, 1.807) is 0 Å². The monoisotopic (exact) mass is 318 g/mol. The third-order valence-corrected chi connectivity index (χ3v) is 5.38. The van der Waals surface area contributed by atoms with Crippen LogP contribution in [0.2, 0.25) is 0 Å². The largest absolute Gasteiger partial charge is 0.507 e. The van der Waals surface area contributed by atoms with E-state index < -0.39 is 5.60 Å². The van der Waals surface area contributed by atoms with Gasteiger partial charge in [-0.3, -0.25) is 4.79 Å². The van der Waals surface area contributed by atoms with Gasteiger partial charge in [-0.15, -0.1) is 0 Å². The predicted molar refractivity (Wildman–Crippen MR) is 89.1 cm³/mol. The van der Waals surface area contributed by atoms with Gasteiger partial charge in [0.2, 0.25) is 0 Å². The lowest BCUT2D eigenvalue weighted by atomic mass is 9.86. The van der Waals surface area contributed by atoms with Crippen molar-refractivity contribution in [2.24, 2.45) is 0 Å². The zero-order chi connectivity index (χ0) is 16.8. The molecule has 5 nitrogen and oxygen atoms in total. The summed E-state index contributed by atoms with van der Waals surface area (Å²) in [7, 11) is 0. The highest BCUT2D eigenvalue weighted by Crippen LogP contribution is 2.43. The summed E-state index contributed by atoms with van der Waals surface area (Å²) >= 11 is 0. The van der Waals surface area contributed by atoms with E-state index in [1.165, 1.54) is 0 Å². The normalized spacial score (nSPS) is 24.1. The SMILES string of the molecule is Cc1c(C)c2c(c(C)c1O)CCC(C)(C(=O)N1CCNCC1)O2. The molecule has 0 aliphatic carbocycles. The Morgan fingerprint density at radius 3 is 2.48 bits per heavy atom. The molecule has 3 rings (SSSR count). The Bertz CT molecular complexity index is 650. The van der Waals surface area contributed by atoms with Crippen molar-refractivity contribution < 1.29 is 14.6 Å². The summed E-state index contributed by atoms with van der Waals surface area (Å²) in [6.07, 6.45) is 1.40. The van der Waals surface area contributed by atoms with Gasteiger partial charge in [0.05, 0.1) is 0 Å². The number of nitrogens with one attached hydrogen (secondary N) is 1. The number of hydrogen-bond acceptors (Lipinski definition) is 4. The smallest absolute Gasteiger partial charge is 0.266 e. The van der Waals surface area contributed by atoms with Gasteiger partial charge < -0.3 is 20.1 Å². The maximum Gasteiger partial charge on any atom is 0.266 e. The Kier molecular flexibility index (Phi) is 4.00. The fraction of sp³-hybridized carbons (Fsp3) is 0.611. The van der Waals surface area contributed by atoms with Gasteiger partial charge in [-0.1, -0.05) is 0 Å². The van der Waals surface area contributed by atoms with Crippen LogP contribution in [0.1, 0.15) is 35.6 Å². The Hall–Kier alpha value is -1.75. The molecule has 1 aromatic rings. The molecule has 2 N–H and O–H groups in total. The van der Waals surface area contributed by atoms with E-state index in [-0.39, 0.29) is 5.91 Å². The number of ether oxygens (including phenoxy) is 1. The quantitative estimate of drug-likeness (QED) is 0.829. The predicted octanol–water partition coefficient (Wildman–Crippen LogP) is 1.83. The number of hydrogen-bond donors (Lipinski definition) is 2. The summed E-state index contributed by atoms with van der Waals surface area (Å²) in [5.74, 6) is 1.21. The van der Waals surface area contributed by atoms with Crippen molar-refractivity contribution in [2.45, 2.75) is 46.1 Å². The van der Waals surface area contributed by atoms with Gasteiger partial charge in [-0.05, 0) is 50.8 Å². The van der Waals surface area contributed by atoms with Crippen LogP contribution in [-0.2, 0) is 11.2 Å². The van der Waals surface area contributed by atoms with E-state index in [0.29, 0.717) is 12.2 Å². The highest BCUT2D eigenvalue weighted by Gasteiger charge is 2.43. The first-order valence-electron chi connectivity index (χ1n) is 8.36. The van der Waals surface area contributed by atoms with Gasteiger partial charge in [0.15, 0.2) is 5.60 Å². The van der Waals surface area contributed by atoms with Crippen LogP contribution >= 0.6 is 0 Å². The number of rotatable bonds is 1. The third-order valence-electron chi connectivity index (χ3n) is 5.38. The first-order valence-corrected chi connectivity index (χ1v) is 8.36. The van der Waals surface area contributed by atoms with Crippen molar-refractivity contribution in [3.8, 4) is 11.5 Å². The number of nitrogens with zero attached hydrogens (tertiary/aromatic N) is 1. The molecule has 5 heteroatoms. The molecular weight excluding hydrogens is 292 g/mol. The lowest BCUT2D eigenvalue weighted by Crippen LogP contribution is -2.57. The number of phenols is 1. The van der Waals surface area contributed by atoms with Crippen LogP contribution in [0.25, 0.3) is 0 Å². The Morgan fingerprint density at radius 2 is 1.83 bits per heavy atom. The second-order valence-corrected chi connectivity index (χ2v) is 6.91. The molecule has 0 spiro atoms. The number of fused-ring (bicyclic) bond motifs is 1. The van der Waals surface area contributed by atoms with E-state index in [9.17, 15) is 9.90 Å². The summed E-state index contributed by atoms with van der Waals surface area (Å²) in [5.41, 5.74) is 2.86. The van der Waals surface area contributed by atoms with Gasteiger partial charge in [-0.25, -0.2) is 0 Å². The maximum absolute atomic E-state index is 13.0. The van der Waals surface area contributed by atoms with Gasteiger partial charge >= 0.3 is 0 Å². The topological polar surface area (TPSA) is 61.8 Å². The van der Waals surface area contributed by atoms with Gasteiger partial charge in [0.25, 0.3) is 5.91 Å². The molecule has 2 heterocycles. The highest BCUT2D eigenvalue weighted by atomic mass is 16.5. The summed E-state index contributed by atoms with van der Waals surface area (Å²) in [6.45, 7) is 10.8. The van der Waals surface area contributed by atoms with E-state index in [1.807, 2.05) is 32.6 Å². The van der Waals surface area contributed by atoms with Crippen molar-refractivity contribution >= 4 is 5.91 Å². The zero-order valence-electron chi connectivity index (χ0n) is 14.5. The highest BCUT2D eigenvalue weighted by molar-refractivity contribution is 5.86. The van der Waals surface area contributed by atoms with Crippen LogP contribution < -0.4 is 10.1 Å². The van der Waals surface area contributed by atoms with Crippen molar-refractivity contribution in [1.82, 2.24) is 10.2 Å². The Balaban J connectivity index is 1.94. The number of piperazine rings is 1. The van der Waals surface area contributed by atoms with Gasteiger partial charge in [0.1, 0.15) is 11.5 Å². The first kappa shape index (κ1) is 16.1. The van der Waals surface area contributed by atoms with Crippen LogP contribution in [0.15, 0.2) is 0 Å². The number of benzene rings is 1. The standard InChI is InChI=1S/C18H26N2O3/c1-11-12(2)16-14(13(3)15(11)21)5-6-18(4,23-16)17(22)20-9-7-19-8-10-20/h19,21H,5-10H2,1-4H3. The first-order chi connectivity index (χ1) is 10.8. The number of carbonyl (C=O) groups is 1. The van der Waals surface area contributed by atoms with Crippen molar-refractivity contribution in [3.05, 3.63) is 22.3 Å².